The van der Waals surface area contributed by atoms with E-state index in [9.17, 15) is 18.0 Å². The van der Waals surface area contributed by atoms with Crippen LogP contribution in [-0.4, -0.2) is 54.4 Å². The van der Waals surface area contributed by atoms with Gasteiger partial charge in [-0.05, 0) is 61.3 Å². The van der Waals surface area contributed by atoms with Gasteiger partial charge < -0.3 is 9.15 Å². The summed E-state index contributed by atoms with van der Waals surface area (Å²) in [4.78, 5) is 14.7. The molecule has 0 bridgehead atoms. The Kier molecular flexibility index (Phi) is 6.04. The summed E-state index contributed by atoms with van der Waals surface area (Å²) in [7, 11) is 1.58. The minimum absolute atomic E-state index is 0.104. The van der Waals surface area contributed by atoms with E-state index in [0.29, 0.717) is 36.6 Å². The molecule has 1 amide bonds. The van der Waals surface area contributed by atoms with E-state index >= 15 is 0 Å². The van der Waals surface area contributed by atoms with E-state index in [1.54, 1.807) is 24.1 Å². The van der Waals surface area contributed by atoms with Crippen LogP contribution < -0.4 is 4.74 Å². The highest BCUT2D eigenvalue weighted by Gasteiger charge is 2.43. The largest absolute Gasteiger partial charge is 0.497 e. The molecule has 0 radical (unpaired) electrons. The van der Waals surface area contributed by atoms with Gasteiger partial charge in [0.1, 0.15) is 17.6 Å². The number of hydrogen-bond acceptors (Lipinski definition) is 5. The van der Waals surface area contributed by atoms with Gasteiger partial charge in [0.2, 0.25) is 0 Å². The van der Waals surface area contributed by atoms with Crippen LogP contribution in [0.1, 0.15) is 36.6 Å². The number of alkyl halides is 3. The number of halogens is 3. The van der Waals surface area contributed by atoms with Crippen molar-refractivity contribution < 1.29 is 27.1 Å². The van der Waals surface area contributed by atoms with Gasteiger partial charge in [-0.2, -0.15) is 18.3 Å². The van der Waals surface area contributed by atoms with Gasteiger partial charge in [0.15, 0.2) is 0 Å². The minimum Gasteiger partial charge on any atom is -0.497 e. The first-order chi connectivity index (χ1) is 14.8. The predicted molar refractivity (Wildman–Crippen MR) is 108 cm³/mol. The summed E-state index contributed by atoms with van der Waals surface area (Å²) in [6, 6.07) is 10.4. The third-order valence-corrected chi connectivity index (χ3v) is 5.79. The Balaban J connectivity index is 1.52. The standard InChI is InChI=1S/C22H24F3N3O3/c1-30-17-8-6-15(7-9-17)18-12-19(20-5-3-11-31-20)28(26-18)21(29)14-27-10-2-4-16(13-27)22(23,24)25/h3,5-9,11,16,19H,2,4,10,12-14H2,1H3/t16-,19-/m1/s1. The zero-order valence-electron chi connectivity index (χ0n) is 17.1. The Morgan fingerprint density at radius 1 is 1.26 bits per heavy atom. The lowest BCUT2D eigenvalue weighted by Gasteiger charge is -2.34. The lowest BCUT2D eigenvalue weighted by Crippen LogP contribution is -2.46. The molecule has 0 N–H and O–H groups in total. The number of hydrazone groups is 1. The maximum atomic E-state index is 13.1. The molecule has 2 atom stereocenters. The van der Waals surface area contributed by atoms with Crippen LogP contribution in [0, 0.1) is 5.92 Å². The number of furan rings is 1. The fourth-order valence-corrected chi connectivity index (χ4v) is 4.13. The van der Waals surface area contributed by atoms with Crippen molar-refractivity contribution in [1.82, 2.24) is 9.91 Å². The number of carbonyl (C=O) groups excluding carboxylic acids is 1. The van der Waals surface area contributed by atoms with Crippen molar-refractivity contribution in [1.29, 1.82) is 0 Å². The number of carbonyl (C=O) groups is 1. The molecule has 0 aliphatic carbocycles. The number of ether oxygens (including phenoxy) is 1. The molecule has 1 fully saturated rings. The molecular formula is C22H24F3N3O3. The molecule has 9 heteroatoms. The maximum Gasteiger partial charge on any atom is 0.393 e. The zero-order chi connectivity index (χ0) is 22.0. The van der Waals surface area contributed by atoms with Gasteiger partial charge in [-0.3, -0.25) is 9.69 Å². The van der Waals surface area contributed by atoms with Crippen LogP contribution >= 0.6 is 0 Å². The second-order valence-corrected chi connectivity index (χ2v) is 7.86. The second kappa shape index (κ2) is 8.74. The molecule has 0 saturated carbocycles. The van der Waals surface area contributed by atoms with E-state index < -0.39 is 18.1 Å². The van der Waals surface area contributed by atoms with E-state index in [2.05, 4.69) is 5.10 Å². The highest BCUT2D eigenvalue weighted by Crippen LogP contribution is 2.35. The zero-order valence-corrected chi connectivity index (χ0v) is 17.1. The lowest BCUT2D eigenvalue weighted by atomic mass is 9.97. The Hall–Kier alpha value is -2.81. The number of likely N-dealkylation sites (tertiary alicyclic amines) is 1. The van der Waals surface area contributed by atoms with Crippen LogP contribution in [0.2, 0.25) is 0 Å². The Labute approximate surface area is 178 Å². The summed E-state index contributed by atoms with van der Waals surface area (Å²) in [6.45, 7) is 0.194. The van der Waals surface area contributed by atoms with E-state index in [-0.39, 0.29) is 25.4 Å². The number of rotatable bonds is 5. The minimum atomic E-state index is -4.24. The fraction of sp³-hybridized carbons (Fsp3) is 0.455. The van der Waals surface area contributed by atoms with E-state index in [4.69, 9.17) is 9.15 Å². The summed E-state index contributed by atoms with van der Waals surface area (Å²) in [5.41, 5.74) is 1.56. The highest BCUT2D eigenvalue weighted by atomic mass is 19.4. The number of benzene rings is 1. The molecule has 2 aliphatic rings. The van der Waals surface area contributed by atoms with Crippen molar-refractivity contribution in [3.8, 4) is 5.75 Å². The second-order valence-electron chi connectivity index (χ2n) is 7.86. The van der Waals surface area contributed by atoms with Gasteiger partial charge in [-0.1, -0.05) is 0 Å². The first-order valence-corrected chi connectivity index (χ1v) is 10.2. The SMILES string of the molecule is COc1ccc(C2=NN(C(=O)CN3CCC[C@@H](C(F)(F)F)C3)[C@@H](c3ccco3)C2)cc1. The average molecular weight is 435 g/mol. The molecule has 31 heavy (non-hydrogen) atoms. The molecule has 3 heterocycles. The number of nitrogens with zero attached hydrogens (tertiary/aromatic N) is 3. The van der Waals surface area contributed by atoms with Crippen LogP contribution in [0.4, 0.5) is 13.2 Å². The van der Waals surface area contributed by atoms with Crippen LogP contribution in [0.15, 0.2) is 52.2 Å². The Morgan fingerprint density at radius 3 is 2.68 bits per heavy atom. The van der Waals surface area contributed by atoms with Gasteiger partial charge in [-0.15, -0.1) is 0 Å². The number of piperidine rings is 1. The molecule has 0 spiro atoms. The highest BCUT2D eigenvalue weighted by molar-refractivity contribution is 6.03. The quantitative estimate of drug-likeness (QED) is 0.705. The van der Waals surface area contributed by atoms with Crippen molar-refractivity contribution in [3.63, 3.8) is 0 Å². The molecule has 0 unspecified atom stereocenters. The molecule has 6 nitrogen and oxygen atoms in total. The first-order valence-electron chi connectivity index (χ1n) is 10.2. The van der Waals surface area contributed by atoms with Crippen molar-refractivity contribution in [2.24, 2.45) is 11.0 Å². The van der Waals surface area contributed by atoms with Crippen molar-refractivity contribution in [2.75, 3.05) is 26.7 Å². The smallest absolute Gasteiger partial charge is 0.393 e. The van der Waals surface area contributed by atoms with Gasteiger partial charge in [-0.25, -0.2) is 5.01 Å². The molecule has 2 aliphatic heterocycles. The van der Waals surface area contributed by atoms with E-state index in [1.807, 2.05) is 24.3 Å². The first kappa shape index (κ1) is 21.4. The van der Waals surface area contributed by atoms with E-state index in [1.165, 1.54) is 11.3 Å². The number of amides is 1. The van der Waals surface area contributed by atoms with Gasteiger partial charge in [0, 0.05) is 13.0 Å². The third-order valence-electron chi connectivity index (χ3n) is 5.79. The summed E-state index contributed by atoms with van der Waals surface area (Å²) in [5, 5.41) is 5.89. The molecule has 4 rings (SSSR count). The van der Waals surface area contributed by atoms with E-state index in [0.717, 1.165) is 5.56 Å². The van der Waals surface area contributed by atoms with Crippen molar-refractivity contribution in [3.05, 3.63) is 54.0 Å². The third kappa shape index (κ3) is 4.76. The fourth-order valence-electron chi connectivity index (χ4n) is 4.13. The molecule has 1 aromatic carbocycles. The Morgan fingerprint density at radius 2 is 2.03 bits per heavy atom. The van der Waals surface area contributed by atoms with Crippen molar-refractivity contribution >= 4 is 11.6 Å². The monoisotopic (exact) mass is 435 g/mol. The molecule has 166 valence electrons. The van der Waals surface area contributed by atoms with Crippen molar-refractivity contribution in [2.45, 2.75) is 31.5 Å². The summed E-state index contributed by atoms with van der Waals surface area (Å²) in [5.74, 6) is -0.436. The predicted octanol–water partition coefficient (Wildman–Crippen LogP) is 4.24. The van der Waals surface area contributed by atoms with Crippen LogP contribution in [0.25, 0.3) is 0 Å². The Bertz CT molecular complexity index is 926. The average Bonchev–Trinajstić information content (AvgIpc) is 3.43. The molecule has 1 saturated heterocycles. The normalized spacial score (nSPS) is 22.5. The number of methoxy groups -OCH3 is 1. The topological polar surface area (TPSA) is 58.3 Å². The van der Waals surface area contributed by atoms with Gasteiger partial charge in [0.25, 0.3) is 5.91 Å². The van der Waals surface area contributed by atoms with Crippen LogP contribution in [0.5, 0.6) is 5.75 Å². The molecular weight excluding hydrogens is 411 g/mol. The van der Waals surface area contributed by atoms with Gasteiger partial charge >= 0.3 is 6.18 Å². The van der Waals surface area contributed by atoms with Crippen LogP contribution in [0.3, 0.4) is 0 Å². The lowest BCUT2D eigenvalue weighted by molar-refractivity contribution is -0.187. The van der Waals surface area contributed by atoms with Gasteiger partial charge in [0.05, 0.1) is 31.5 Å². The molecule has 2 aromatic rings. The molecule has 1 aromatic heterocycles. The summed E-state index contributed by atoms with van der Waals surface area (Å²) < 4.78 is 50.1. The number of hydrogen-bond donors (Lipinski definition) is 0. The maximum absolute atomic E-state index is 13.1. The summed E-state index contributed by atoms with van der Waals surface area (Å²) in [6.07, 6.45) is -1.74. The summed E-state index contributed by atoms with van der Waals surface area (Å²) >= 11 is 0. The van der Waals surface area contributed by atoms with Crippen LogP contribution in [-0.2, 0) is 4.79 Å².